The van der Waals surface area contributed by atoms with E-state index in [-0.39, 0.29) is 24.2 Å². The first-order valence-electron chi connectivity index (χ1n) is 12.1. The van der Waals surface area contributed by atoms with E-state index in [2.05, 4.69) is 20.8 Å². The summed E-state index contributed by atoms with van der Waals surface area (Å²) in [6, 6.07) is 10.4. The Morgan fingerprint density at radius 2 is 1.88 bits per heavy atom. The minimum atomic E-state index is -0.490. The van der Waals surface area contributed by atoms with E-state index in [9.17, 15) is 4.79 Å². The lowest BCUT2D eigenvalue weighted by molar-refractivity contribution is -0.0199. The van der Waals surface area contributed by atoms with Gasteiger partial charge in [0.05, 0.1) is 5.52 Å². The molecule has 9 heteroatoms. The van der Waals surface area contributed by atoms with Gasteiger partial charge in [0.15, 0.2) is 5.82 Å². The summed E-state index contributed by atoms with van der Waals surface area (Å²) >= 11 is 0. The number of amides is 1. The molecule has 2 aromatic heterocycles. The first-order chi connectivity index (χ1) is 16.2. The van der Waals surface area contributed by atoms with E-state index in [0.717, 1.165) is 48.7 Å². The molecule has 3 atom stereocenters. The summed E-state index contributed by atoms with van der Waals surface area (Å²) in [5, 5.41) is 15.1. The second kappa shape index (κ2) is 8.77. The van der Waals surface area contributed by atoms with Crippen molar-refractivity contribution in [2.75, 3.05) is 10.6 Å². The Morgan fingerprint density at radius 1 is 1.15 bits per heavy atom. The molecule has 0 spiro atoms. The van der Waals surface area contributed by atoms with Crippen LogP contribution in [0.15, 0.2) is 30.3 Å². The minimum Gasteiger partial charge on any atom is -0.444 e. The van der Waals surface area contributed by atoms with Crippen LogP contribution in [-0.2, 0) is 4.74 Å². The van der Waals surface area contributed by atoms with Crippen molar-refractivity contribution in [3.8, 4) is 0 Å². The Hall–Kier alpha value is -3.36. The van der Waals surface area contributed by atoms with Crippen LogP contribution in [0.3, 0.4) is 0 Å². The van der Waals surface area contributed by atoms with Gasteiger partial charge < -0.3 is 20.3 Å². The predicted octanol–water partition coefficient (Wildman–Crippen LogP) is 5.14. The van der Waals surface area contributed by atoms with E-state index >= 15 is 0 Å². The van der Waals surface area contributed by atoms with E-state index in [0.29, 0.717) is 17.6 Å². The molecule has 1 aromatic carbocycles. The molecule has 9 nitrogen and oxygen atoms in total. The van der Waals surface area contributed by atoms with Crippen molar-refractivity contribution in [1.29, 1.82) is 0 Å². The Labute approximate surface area is 199 Å². The summed E-state index contributed by atoms with van der Waals surface area (Å²) in [4.78, 5) is 24.5. The molecular weight excluding hydrogens is 430 g/mol. The monoisotopic (exact) mass is 463 g/mol. The van der Waals surface area contributed by atoms with Gasteiger partial charge in [-0.3, -0.25) is 5.10 Å². The number of nitrogens with one attached hydrogen (secondary N) is 3. The highest BCUT2D eigenvalue weighted by atomic mass is 16.6. The van der Waals surface area contributed by atoms with Crippen LogP contribution in [0.25, 0.3) is 10.9 Å². The van der Waals surface area contributed by atoms with E-state index < -0.39 is 5.60 Å². The SMILES string of the molecule is Cc1cc(Nc2nc(NC3C[C@H]4CCC[C@@H](C3)N4C(=O)OC(C)(C)C)nc3ccccc23)n[nH]1. The van der Waals surface area contributed by atoms with Gasteiger partial charge in [0.2, 0.25) is 5.95 Å². The number of piperidine rings is 2. The van der Waals surface area contributed by atoms with E-state index in [1.54, 1.807) is 0 Å². The molecule has 1 amide bonds. The van der Waals surface area contributed by atoms with Crippen molar-refractivity contribution < 1.29 is 9.53 Å². The van der Waals surface area contributed by atoms with Gasteiger partial charge >= 0.3 is 6.09 Å². The number of aryl methyl sites for hydroxylation is 1. The van der Waals surface area contributed by atoms with Crippen LogP contribution < -0.4 is 10.6 Å². The van der Waals surface area contributed by atoms with Crippen molar-refractivity contribution in [3.63, 3.8) is 0 Å². The maximum atomic E-state index is 12.9. The van der Waals surface area contributed by atoms with Crippen LogP contribution in [0.2, 0.25) is 0 Å². The number of ether oxygens (including phenoxy) is 1. The Morgan fingerprint density at radius 3 is 2.56 bits per heavy atom. The molecule has 4 heterocycles. The number of H-pyrrole nitrogens is 1. The number of rotatable bonds is 4. The lowest BCUT2D eigenvalue weighted by atomic mass is 9.82. The van der Waals surface area contributed by atoms with Crippen molar-refractivity contribution >= 4 is 34.6 Å². The summed E-state index contributed by atoms with van der Waals surface area (Å²) < 4.78 is 5.71. The molecule has 3 N–H and O–H groups in total. The van der Waals surface area contributed by atoms with Crippen LogP contribution in [-0.4, -0.2) is 54.9 Å². The molecule has 2 fully saturated rings. The zero-order valence-corrected chi connectivity index (χ0v) is 20.3. The molecule has 34 heavy (non-hydrogen) atoms. The van der Waals surface area contributed by atoms with Crippen LogP contribution in [0.4, 0.5) is 22.4 Å². The van der Waals surface area contributed by atoms with E-state index in [1.165, 1.54) is 0 Å². The average Bonchev–Trinajstić information content (AvgIpc) is 3.16. The normalized spacial score (nSPS) is 22.5. The first-order valence-corrected chi connectivity index (χ1v) is 12.1. The third-order valence-electron chi connectivity index (χ3n) is 6.47. The van der Waals surface area contributed by atoms with Crippen LogP contribution in [0.1, 0.15) is 58.6 Å². The van der Waals surface area contributed by atoms with Gasteiger partial charge in [-0.05, 0) is 71.9 Å². The molecule has 1 unspecified atom stereocenters. The van der Waals surface area contributed by atoms with E-state index in [4.69, 9.17) is 14.7 Å². The highest BCUT2D eigenvalue weighted by Crippen LogP contribution is 2.36. The van der Waals surface area contributed by atoms with Gasteiger partial charge in [0, 0.05) is 35.3 Å². The van der Waals surface area contributed by atoms with Gasteiger partial charge in [0.25, 0.3) is 0 Å². The molecule has 0 radical (unpaired) electrons. The molecule has 2 aliphatic heterocycles. The average molecular weight is 464 g/mol. The number of aromatic amines is 1. The van der Waals surface area contributed by atoms with Gasteiger partial charge in [-0.2, -0.15) is 10.1 Å². The molecule has 5 rings (SSSR count). The number of benzene rings is 1. The third kappa shape index (κ3) is 4.78. The summed E-state index contributed by atoms with van der Waals surface area (Å²) in [5.74, 6) is 2.01. The highest BCUT2D eigenvalue weighted by molar-refractivity contribution is 5.91. The molecule has 0 saturated carbocycles. The van der Waals surface area contributed by atoms with Crippen molar-refractivity contribution in [1.82, 2.24) is 25.1 Å². The van der Waals surface area contributed by atoms with Crippen molar-refractivity contribution in [2.24, 2.45) is 0 Å². The maximum Gasteiger partial charge on any atom is 0.410 e. The van der Waals surface area contributed by atoms with Gasteiger partial charge in [-0.1, -0.05) is 12.1 Å². The maximum absolute atomic E-state index is 12.9. The summed E-state index contributed by atoms with van der Waals surface area (Å²) in [5.41, 5.74) is 1.35. The largest absolute Gasteiger partial charge is 0.444 e. The fourth-order valence-electron chi connectivity index (χ4n) is 5.13. The molecular formula is C25H33N7O2. The molecule has 2 bridgehead atoms. The van der Waals surface area contributed by atoms with Crippen molar-refractivity contribution in [3.05, 3.63) is 36.0 Å². The van der Waals surface area contributed by atoms with Gasteiger partial charge in [-0.15, -0.1) is 0 Å². The first kappa shape index (κ1) is 22.4. The molecule has 2 saturated heterocycles. The lowest BCUT2D eigenvalue weighted by Crippen LogP contribution is -2.58. The summed E-state index contributed by atoms with van der Waals surface area (Å²) in [6.07, 6.45) is 4.66. The third-order valence-corrected chi connectivity index (χ3v) is 6.47. The number of hydrogen-bond donors (Lipinski definition) is 3. The second-order valence-electron chi connectivity index (χ2n) is 10.4. The van der Waals surface area contributed by atoms with E-state index in [1.807, 2.05) is 62.9 Å². The van der Waals surface area contributed by atoms with Crippen molar-refractivity contribution in [2.45, 2.75) is 83.5 Å². The Balaban J connectivity index is 1.36. The van der Waals surface area contributed by atoms with Crippen LogP contribution >= 0.6 is 0 Å². The number of carbonyl (C=O) groups is 1. The lowest BCUT2D eigenvalue weighted by Gasteiger charge is -2.48. The number of fused-ring (bicyclic) bond motifs is 3. The highest BCUT2D eigenvalue weighted by Gasteiger charge is 2.42. The van der Waals surface area contributed by atoms with Gasteiger partial charge in [-0.25, -0.2) is 9.78 Å². The quantitative estimate of drug-likeness (QED) is 0.492. The standard InChI is InChI=1S/C25H33N7O2/c1-15-12-21(31-30-15)28-22-19-10-5-6-11-20(19)27-23(29-22)26-16-13-17-8-7-9-18(14-16)32(17)24(33)34-25(2,3)4/h5-6,10-12,16-18H,7-9,13-14H2,1-4H3,(H3,26,27,28,29,30,31)/t16?,17-,18+. The smallest absolute Gasteiger partial charge is 0.410 e. The zero-order valence-electron chi connectivity index (χ0n) is 20.3. The minimum absolute atomic E-state index is 0.171. The zero-order chi connectivity index (χ0) is 23.9. The number of nitrogens with zero attached hydrogens (tertiary/aromatic N) is 4. The second-order valence-corrected chi connectivity index (χ2v) is 10.4. The number of hydrogen-bond acceptors (Lipinski definition) is 7. The molecule has 0 aliphatic carbocycles. The number of anilines is 3. The van der Waals surface area contributed by atoms with Gasteiger partial charge in [0.1, 0.15) is 11.4 Å². The Bertz CT molecular complexity index is 1170. The topological polar surface area (TPSA) is 108 Å². The summed E-state index contributed by atoms with van der Waals surface area (Å²) in [6.45, 7) is 7.72. The molecule has 2 aliphatic rings. The summed E-state index contributed by atoms with van der Waals surface area (Å²) in [7, 11) is 0. The fourth-order valence-corrected chi connectivity index (χ4v) is 5.13. The fraction of sp³-hybridized carbons (Fsp3) is 0.520. The van der Waals surface area contributed by atoms with Crippen LogP contribution in [0.5, 0.6) is 0 Å². The number of carbonyl (C=O) groups excluding carboxylic acids is 1. The van der Waals surface area contributed by atoms with Crippen LogP contribution in [0, 0.1) is 6.92 Å². The Kier molecular flexibility index (Phi) is 5.79. The molecule has 3 aromatic rings. The molecule has 180 valence electrons. The number of aromatic nitrogens is 4. The number of para-hydroxylation sites is 1. The predicted molar refractivity (Wildman–Crippen MR) is 132 cm³/mol.